The molecule has 2 unspecified atom stereocenters. The first-order valence-corrected chi connectivity index (χ1v) is 8.75. The van der Waals surface area contributed by atoms with Crippen LogP contribution in [0.15, 0.2) is 18.2 Å². The molecule has 2 nitrogen and oxygen atoms in total. The lowest BCUT2D eigenvalue weighted by molar-refractivity contribution is 0.0927. The molecule has 1 aliphatic rings. The normalized spacial score (nSPS) is 23.1. The van der Waals surface area contributed by atoms with Crippen LogP contribution >= 0.6 is 34.4 Å². The molecular formula is C14H17FINOS. The van der Waals surface area contributed by atoms with Crippen molar-refractivity contribution in [3.05, 3.63) is 33.1 Å². The molecule has 1 amide bonds. The second-order valence-electron chi connectivity index (χ2n) is 4.82. The summed E-state index contributed by atoms with van der Waals surface area (Å²) in [6, 6.07) is 4.53. The highest BCUT2D eigenvalue weighted by Crippen LogP contribution is 2.27. The van der Waals surface area contributed by atoms with Crippen LogP contribution < -0.4 is 5.32 Å². The number of carbonyl (C=O) groups is 1. The van der Waals surface area contributed by atoms with E-state index in [1.165, 1.54) is 18.6 Å². The van der Waals surface area contributed by atoms with E-state index in [2.05, 4.69) is 11.6 Å². The predicted molar refractivity (Wildman–Crippen MR) is 86.1 cm³/mol. The van der Waals surface area contributed by atoms with E-state index in [0.29, 0.717) is 14.4 Å². The topological polar surface area (TPSA) is 29.1 Å². The van der Waals surface area contributed by atoms with Gasteiger partial charge in [0.1, 0.15) is 5.82 Å². The molecule has 0 spiro atoms. The Hall–Kier alpha value is -0.300. The first kappa shape index (κ1) is 15.1. The van der Waals surface area contributed by atoms with Crippen LogP contribution in [0, 0.1) is 9.39 Å². The van der Waals surface area contributed by atoms with E-state index in [1.54, 1.807) is 6.07 Å². The molecule has 2 rings (SSSR count). The number of amides is 1. The first-order chi connectivity index (χ1) is 9.10. The Morgan fingerprint density at radius 3 is 2.95 bits per heavy atom. The molecule has 5 heteroatoms. The van der Waals surface area contributed by atoms with Gasteiger partial charge in [-0.25, -0.2) is 4.39 Å². The van der Waals surface area contributed by atoms with Crippen LogP contribution in [0.4, 0.5) is 4.39 Å². The van der Waals surface area contributed by atoms with Gasteiger partial charge in [0.15, 0.2) is 0 Å². The van der Waals surface area contributed by atoms with E-state index < -0.39 is 0 Å². The van der Waals surface area contributed by atoms with Gasteiger partial charge in [-0.15, -0.1) is 0 Å². The van der Waals surface area contributed by atoms with Crippen LogP contribution in [0.5, 0.6) is 0 Å². The second-order valence-corrected chi connectivity index (χ2v) is 7.12. The summed E-state index contributed by atoms with van der Waals surface area (Å²) in [5, 5.41) is 3.72. The van der Waals surface area contributed by atoms with Crippen LogP contribution in [-0.4, -0.2) is 23.5 Å². The van der Waals surface area contributed by atoms with Crippen LogP contribution in [0.2, 0.25) is 0 Å². The maximum absolute atomic E-state index is 13.0. The molecule has 19 heavy (non-hydrogen) atoms. The largest absolute Gasteiger partial charge is 0.349 e. The van der Waals surface area contributed by atoms with E-state index >= 15 is 0 Å². The van der Waals surface area contributed by atoms with Crippen LogP contribution in [-0.2, 0) is 0 Å². The molecule has 1 aromatic rings. The Labute approximate surface area is 131 Å². The smallest absolute Gasteiger partial charge is 0.252 e. The van der Waals surface area contributed by atoms with Gasteiger partial charge in [0.25, 0.3) is 5.91 Å². The molecule has 1 aromatic carbocycles. The second kappa shape index (κ2) is 6.92. The number of thioether (sulfide) groups is 1. The average Bonchev–Trinajstić information content (AvgIpc) is 2.38. The molecule has 104 valence electrons. The van der Waals surface area contributed by atoms with E-state index in [4.69, 9.17) is 0 Å². The van der Waals surface area contributed by atoms with Crippen molar-refractivity contribution in [2.75, 3.05) is 6.26 Å². The molecular weight excluding hydrogens is 376 g/mol. The van der Waals surface area contributed by atoms with Crippen molar-refractivity contribution in [3.63, 3.8) is 0 Å². The van der Waals surface area contributed by atoms with Gasteiger partial charge in [0.2, 0.25) is 0 Å². The average molecular weight is 393 g/mol. The summed E-state index contributed by atoms with van der Waals surface area (Å²) in [6.07, 6.45) is 6.60. The zero-order chi connectivity index (χ0) is 13.8. The molecule has 1 aliphatic carbocycles. The zero-order valence-corrected chi connectivity index (χ0v) is 13.8. The highest BCUT2D eigenvalue weighted by molar-refractivity contribution is 14.1. The monoisotopic (exact) mass is 393 g/mol. The molecule has 1 N–H and O–H groups in total. The Kier molecular flexibility index (Phi) is 5.50. The fourth-order valence-corrected chi connectivity index (χ4v) is 3.98. The molecule has 0 aromatic heterocycles. The maximum Gasteiger partial charge on any atom is 0.252 e. The molecule has 2 atom stereocenters. The fourth-order valence-electron chi connectivity index (χ4n) is 2.43. The summed E-state index contributed by atoms with van der Waals surface area (Å²) in [5.74, 6) is -0.391. The van der Waals surface area contributed by atoms with Crippen molar-refractivity contribution in [2.24, 2.45) is 0 Å². The first-order valence-electron chi connectivity index (χ1n) is 6.39. The van der Waals surface area contributed by atoms with Crippen LogP contribution in [0.1, 0.15) is 36.0 Å². The number of hydrogen-bond acceptors (Lipinski definition) is 2. The lowest BCUT2D eigenvalue weighted by atomic mass is 9.94. The Bertz CT molecular complexity index is 469. The van der Waals surface area contributed by atoms with Crippen molar-refractivity contribution < 1.29 is 9.18 Å². The number of halogens is 2. The van der Waals surface area contributed by atoms with Gasteiger partial charge in [-0.05, 0) is 66.3 Å². The standard InChI is InChI=1S/C14H17FINOS/c1-19-11-4-2-3-10(8-11)17-14(18)12-6-5-9(15)7-13(12)16/h5-7,10-11H,2-4,8H2,1H3,(H,17,18). The third-order valence-electron chi connectivity index (χ3n) is 3.47. The minimum absolute atomic E-state index is 0.0869. The molecule has 0 saturated heterocycles. The van der Waals surface area contributed by atoms with Gasteiger partial charge >= 0.3 is 0 Å². The van der Waals surface area contributed by atoms with Crippen molar-refractivity contribution in [2.45, 2.75) is 37.0 Å². The number of rotatable bonds is 3. The van der Waals surface area contributed by atoms with Crippen LogP contribution in [0.3, 0.4) is 0 Å². The fraction of sp³-hybridized carbons (Fsp3) is 0.500. The zero-order valence-electron chi connectivity index (χ0n) is 10.8. The summed E-state index contributed by atoms with van der Waals surface area (Å²) in [5.41, 5.74) is 0.563. The van der Waals surface area contributed by atoms with Gasteiger partial charge in [0.05, 0.1) is 5.56 Å². The predicted octanol–water partition coefficient (Wildman–Crippen LogP) is 3.83. The van der Waals surface area contributed by atoms with Gasteiger partial charge in [0, 0.05) is 14.9 Å². The number of nitrogens with one attached hydrogen (secondary N) is 1. The maximum atomic E-state index is 13.0. The molecule has 0 radical (unpaired) electrons. The Morgan fingerprint density at radius 2 is 2.26 bits per heavy atom. The number of hydrogen-bond donors (Lipinski definition) is 1. The van der Waals surface area contributed by atoms with Gasteiger partial charge in [-0.1, -0.05) is 6.42 Å². The molecule has 0 bridgehead atoms. The number of benzene rings is 1. The summed E-state index contributed by atoms with van der Waals surface area (Å²) in [7, 11) is 0. The van der Waals surface area contributed by atoms with E-state index in [1.807, 2.05) is 34.4 Å². The SMILES string of the molecule is CSC1CCCC(NC(=O)c2ccc(F)cc2I)C1. The van der Waals surface area contributed by atoms with Gasteiger partial charge < -0.3 is 5.32 Å². The van der Waals surface area contributed by atoms with Crippen molar-refractivity contribution in [3.8, 4) is 0 Å². The van der Waals surface area contributed by atoms with Gasteiger partial charge in [-0.3, -0.25) is 4.79 Å². The quantitative estimate of drug-likeness (QED) is 0.791. The van der Waals surface area contributed by atoms with Crippen molar-refractivity contribution in [1.82, 2.24) is 5.32 Å². The highest BCUT2D eigenvalue weighted by atomic mass is 127. The number of carbonyl (C=O) groups excluding carboxylic acids is 1. The summed E-state index contributed by atoms with van der Waals surface area (Å²) < 4.78 is 13.7. The Morgan fingerprint density at radius 1 is 1.47 bits per heavy atom. The molecule has 0 heterocycles. The Balaban J connectivity index is 2.00. The molecule has 1 saturated carbocycles. The van der Waals surface area contributed by atoms with E-state index in [-0.39, 0.29) is 17.8 Å². The molecule has 0 aliphatic heterocycles. The minimum Gasteiger partial charge on any atom is -0.349 e. The lowest BCUT2D eigenvalue weighted by Gasteiger charge is -2.28. The summed E-state index contributed by atoms with van der Waals surface area (Å²) in [4.78, 5) is 12.2. The van der Waals surface area contributed by atoms with Crippen molar-refractivity contribution >= 4 is 40.3 Å². The third-order valence-corrected chi connectivity index (χ3v) is 5.46. The van der Waals surface area contributed by atoms with E-state index in [9.17, 15) is 9.18 Å². The summed E-state index contributed by atoms with van der Waals surface area (Å²) >= 11 is 3.88. The molecule has 1 fully saturated rings. The van der Waals surface area contributed by atoms with Crippen molar-refractivity contribution in [1.29, 1.82) is 0 Å². The summed E-state index contributed by atoms with van der Waals surface area (Å²) in [6.45, 7) is 0. The van der Waals surface area contributed by atoms with Gasteiger partial charge in [-0.2, -0.15) is 11.8 Å². The van der Waals surface area contributed by atoms with Crippen LogP contribution in [0.25, 0.3) is 0 Å². The van der Waals surface area contributed by atoms with E-state index in [0.717, 1.165) is 19.3 Å². The minimum atomic E-state index is -0.305. The highest BCUT2D eigenvalue weighted by Gasteiger charge is 2.23. The third kappa shape index (κ3) is 4.08. The lowest BCUT2D eigenvalue weighted by Crippen LogP contribution is -2.39.